The number of ether oxygens (including phenoxy) is 1. The molecule has 24 heavy (non-hydrogen) atoms. The van der Waals surface area contributed by atoms with Crippen molar-refractivity contribution in [3.05, 3.63) is 35.4 Å². The summed E-state index contributed by atoms with van der Waals surface area (Å²) in [5, 5.41) is 6.57. The van der Waals surface area contributed by atoms with Gasteiger partial charge in [-0.25, -0.2) is 4.99 Å². The Hall–Kier alpha value is -2.08. The van der Waals surface area contributed by atoms with Gasteiger partial charge in [0.15, 0.2) is 5.96 Å². The summed E-state index contributed by atoms with van der Waals surface area (Å²) in [6, 6.07) is 7.59. The van der Waals surface area contributed by atoms with Crippen molar-refractivity contribution in [1.29, 1.82) is 0 Å². The molecule has 1 aromatic rings. The van der Waals surface area contributed by atoms with Crippen LogP contribution < -0.4 is 10.6 Å². The summed E-state index contributed by atoms with van der Waals surface area (Å²) in [7, 11) is 3.51. The molecule has 0 radical (unpaired) electrons. The number of rotatable bonds is 6. The lowest BCUT2D eigenvalue weighted by atomic mass is 10.1. The molecule has 1 unspecified atom stereocenters. The molecule has 1 atom stereocenters. The van der Waals surface area contributed by atoms with Gasteiger partial charge in [-0.2, -0.15) is 0 Å². The maximum Gasteiger partial charge on any atom is 0.253 e. The smallest absolute Gasteiger partial charge is 0.253 e. The fourth-order valence-corrected chi connectivity index (χ4v) is 2.54. The first kappa shape index (κ1) is 18.3. The van der Waals surface area contributed by atoms with E-state index in [1.807, 2.05) is 31.2 Å². The molecule has 6 nitrogen and oxygen atoms in total. The average Bonchev–Trinajstić information content (AvgIpc) is 3.10. The second-order valence-electron chi connectivity index (χ2n) is 6.11. The Kier molecular flexibility index (Phi) is 7.06. The summed E-state index contributed by atoms with van der Waals surface area (Å²) in [5.41, 5.74) is 1.76. The van der Waals surface area contributed by atoms with E-state index >= 15 is 0 Å². The van der Waals surface area contributed by atoms with E-state index in [0.29, 0.717) is 12.1 Å². The number of guanidine groups is 1. The molecule has 2 N–H and O–H groups in total. The highest BCUT2D eigenvalue weighted by atomic mass is 16.5. The van der Waals surface area contributed by atoms with Gasteiger partial charge in [0.05, 0.1) is 12.6 Å². The molecule has 0 bridgehead atoms. The molecule has 0 aromatic heterocycles. The Morgan fingerprint density at radius 3 is 2.62 bits per heavy atom. The van der Waals surface area contributed by atoms with Crippen molar-refractivity contribution in [3.63, 3.8) is 0 Å². The first-order chi connectivity index (χ1) is 11.6. The van der Waals surface area contributed by atoms with Crippen molar-refractivity contribution in [2.45, 2.75) is 32.4 Å². The quantitative estimate of drug-likeness (QED) is 0.614. The minimum atomic E-state index is 0.0108. The van der Waals surface area contributed by atoms with Gasteiger partial charge in [0, 0.05) is 39.4 Å². The van der Waals surface area contributed by atoms with Gasteiger partial charge in [-0.15, -0.1) is 0 Å². The fraction of sp³-hybridized carbons (Fsp3) is 0.556. The van der Waals surface area contributed by atoms with Crippen LogP contribution in [0.4, 0.5) is 0 Å². The van der Waals surface area contributed by atoms with Crippen LogP contribution in [0, 0.1) is 0 Å². The number of hydrogen-bond acceptors (Lipinski definition) is 3. The minimum Gasteiger partial charge on any atom is -0.376 e. The maximum atomic E-state index is 11.9. The van der Waals surface area contributed by atoms with Gasteiger partial charge in [-0.3, -0.25) is 4.79 Å². The molecule has 1 amide bonds. The van der Waals surface area contributed by atoms with Gasteiger partial charge in [0.1, 0.15) is 0 Å². The Labute approximate surface area is 144 Å². The van der Waals surface area contributed by atoms with Crippen LogP contribution in [-0.2, 0) is 11.3 Å². The first-order valence-electron chi connectivity index (χ1n) is 8.54. The van der Waals surface area contributed by atoms with E-state index < -0.39 is 0 Å². The molecule has 1 aliphatic heterocycles. The SMILES string of the molecule is CCNC(=NCc1ccc(C(=O)N(C)C)cc1)NCC1CCCO1. The second-order valence-corrected chi connectivity index (χ2v) is 6.11. The highest BCUT2D eigenvalue weighted by Gasteiger charge is 2.15. The number of nitrogens with zero attached hydrogens (tertiary/aromatic N) is 2. The molecule has 0 spiro atoms. The molecule has 1 fully saturated rings. The van der Waals surface area contributed by atoms with Gasteiger partial charge < -0.3 is 20.3 Å². The lowest BCUT2D eigenvalue weighted by Crippen LogP contribution is -2.41. The van der Waals surface area contributed by atoms with Gasteiger partial charge in [0.25, 0.3) is 5.91 Å². The molecule has 1 heterocycles. The highest BCUT2D eigenvalue weighted by molar-refractivity contribution is 5.93. The van der Waals surface area contributed by atoms with Gasteiger partial charge in [-0.1, -0.05) is 12.1 Å². The van der Waals surface area contributed by atoms with Crippen LogP contribution in [0.25, 0.3) is 0 Å². The minimum absolute atomic E-state index is 0.0108. The maximum absolute atomic E-state index is 11.9. The predicted octanol–water partition coefficient (Wildman–Crippen LogP) is 1.62. The van der Waals surface area contributed by atoms with Crippen molar-refractivity contribution in [3.8, 4) is 0 Å². The van der Waals surface area contributed by atoms with E-state index in [0.717, 1.165) is 44.1 Å². The summed E-state index contributed by atoms with van der Waals surface area (Å²) in [6.45, 7) is 5.07. The van der Waals surface area contributed by atoms with Crippen LogP contribution in [0.2, 0.25) is 0 Å². The number of nitrogens with one attached hydrogen (secondary N) is 2. The number of hydrogen-bond donors (Lipinski definition) is 2. The molecule has 0 saturated carbocycles. The standard InChI is InChI=1S/C18H28N4O2/c1-4-19-18(21-13-16-6-5-11-24-16)20-12-14-7-9-15(10-8-14)17(23)22(2)3/h7-10,16H,4-6,11-13H2,1-3H3,(H2,19,20,21). The lowest BCUT2D eigenvalue weighted by Gasteiger charge is -2.15. The molecular formula is C18H28N4O2. The average molecular weight is 332 g/mol. The van der Waals surface area contributed by atoms with E-state index in [1.54, 1.807) is 19.0 Å². The molecule has 2 rings (SSSR count). The van der Waals surface area contributed by atoms with Crippen LogP contribution in [0.5, 0.6) is 0 Å². The summed E-state index contributed by atoms with van der Waals surface area (Å²) in [5.74, 6) is 0.804. The van der Waals surface area contributed by atoms with Gasteiger partial charge >= 0.3 is 0 Å². The largest absolute Gasteiger partial charge is 0.376 e. The first-order valence-corrected chi connectivity index (χ1v) is 8.54. The third-order valence-corrected chi connectivity index (χ3v) is 3.89. The van der Waals surface area contributed by atoms with Gasteiger partial charge in [0.2, 0.25) is 0 Å². The van der Waals surface area contributed by atoms with Crippen molar-refractivity contribution in [2.24, 2.45) is 4.99 Å². The van der Waals surface area contributed by atoms with E-state index in [-0.39, 0.29) is 12.0 Å². The molecular weight excluding hydrogens is 304 g/mol. The van der Waals surface area contributed by atoms with Crippen LogP contribution in [0.15, 0.2) is 29.3 Å². The zero-order valence-electron chi connectivity index (χ0n) is 14.8. The van der Waals surface area contributed by atoms with Crippen molar-refractivity contribution in [2.75, 3.05) is 33.8 Å². The number of carbonyl (C=O) groups excluding carboxylic acids is 1. The molecule has 132 valence electrons. The molecule has 0 aliphatic carbocycles. The number of amides is 1. The normalized spacial score (nSPS) is 17.6. The lowest BCUT2D eigenvalue weighted by molar-refractivity contribution is 0.0827. The Balaban J connectivity index is 1.90. The van der Waals surface area contributed by atoms with Crippen molar-refractivity contribution >= 4 is 11.9 Å². The van der Waals surface area contributed by atoms with Crippen molar-refractivity contribution < 1.29 is 9.53 Å². The Morgan fingerprint density at radius 1 is 1.29 bits per heavy atom. The van der Waals surface area contributed by atoms with Crippen LogP contribution in [0.1, 0.15) is 35.7 Å². The molecule has 1 aromatic carbocycles. The van der Waals surface area contributed by atoms with Crippen LogP contribution in [0.3, 0.4) is 0 Å². The second kappa shape index (κ2) is 9.27. The van der Waals surface area contributed by atoms with Gasteiger partial charge in [-0.05, 0) is 37.5 Å². The summed E-state index contributed by atoms with van der Waals surface area (Å²) in [4.78, 5) is 18.1. The van der Waals surface area contributed by atoms with E-state index in [1.165, 1.54) is 0 Å². The Morgan fingerprint density at radius 2 is 2.04 bits per heavy atom. The molecule has 6 heteroatoms. The van der Waals surface area contributed by atoms with Crippen LogP contribution in [-0.4, -0.2) is 56.7 Å². The number of benzene rings is 1. The molecule has 1 aliphatic rings. The molecule has 1 saturated heterocycles. The predicted molar refractivity (Wildman–Crippen MR) is 96.3 cm³/mol. The number of carbonyl (C=O) groups is 1. The zero-order chi connectivity index (χ0) is 17.4. The van der Waals surface area contributed by atoms with E-state index in [9.17, 15) is 4.79 Å². The topological polar surface area (TPSA) is 66.0 Å². The van der Waals surface area contributed by atoms with Crippen LogP contribution >= 0.6 is 0 Å². The monoisotopic (exact) mass is 332 g/mol. The third kappa shape index (κ3) is 5.53. The van der Waals surface area contributed by atoms with E-state index in [4.69, 9.17) is 4.74 Å². The summed E-state index contributed by atoms with van der Waals surface area (Å²) in [6.07, 6.45) is 2.52. The fourth-order valence-electron chi connectivity index (χ4n) is 2.54. The van der Waals surface area contributed by atoms with Crippen molar-refractivity contribution in [1.82, 2.24) is 15.5 Å². The highest BCUT2D eigenvalue weighted by Crippen LogP contribution is 2.10. The Bertz CT molecular complexity index is 549. The zero-order valence-corrected chi connectivity index (χ0v) is 14.8. The number of aliphatic imine (C=N–C) groups is 1. The third-order valence-electron chi connectivity index (χ3n) is 3.89. The summed E-state index contributed by atoms with van der Waals surface area (Å²) >= 11 is 0. The van der Waals surface area contributed by atoms with E-state index in [2.05, 4.69) is 15.6 Å². The summed E-state index contributed by atoms with van der Waals surface area (Å²) < 4.78 is 5.62.